The lowest BCUT2D eigenvalue weighted by Crippen LogP contribution is -2.39. The number of aromatic nitrogens is 2. The molecule has 1 fully saturated rings. The van der Waals surface area contributed by atoms with Crippen LogP contribution in [-0.2, 0) is 4.74 Å². The molecule has 18 heavy (non-hydrogen) atoms. The number of hydrogen-bond acceptors (Lipinski definition) is 6. The van der Waals surface area contributed by atoms with Gasteiger partial charge in [0.25, 0.3) is 0 Å². The molecule has 0 aromatic carbocycles. The van der Waals surface area contributed by atoms with Gasteiger partial charge in [0.15, 0.2) is 0 Å². The Kier molecular flexibility index (Phi) is 4.72. The number of ether oxygens (including phenoxy) is 1. The van der Waals surface area contributed by atoms with Crippen molar-refractivity contribution in [2.45, 2.75) is 0 Å². The molecule has 100 valence electrons. The summed E-state index contributed by atoms with van der Waals surface area (Å²) in [6.45, 7) is 5.65. The Balaban J connectivity index is 1.77. The summed E-state index contributed by atoms with van der Waals surface area (Å²) in [6, 6.07) is 1.90. The maximum Gasteiger partial charge on any atom is 0.226 e. The molecule has 0 saturated carbocycles. The highest BCUT2D eigenvalue weighted by Crippen LogP contribution is 2.07. The monoisotopic (exact) mass is 251 g/mol. The number of nitrogens with zero attached hydrogens (tertiary/aromatic N) is 4. The molecule has 1 aromatic heterocycles. The van der Waals surface area contributed by atoms with E-state index >= 15 is 0 Å². The molecule has 1 aliphatic rings. The molecule has 1 N–H and O–H groups in total. The van der Waals surface area contributed by atoms with E-state index in [9.17, 15) is 0 Å². The average molecular weight is 251 g/mol. The smallest absolute Gasteiger partial charge is 0.226 e. The van der Waals surface area contributed by atoms with Gasteiger partial charge in [0.1, 0.15) is 5.82 Å². The van der Waals surface area contributed by atoms with E-state index in [0.29, 0.717) is 0 Å². The Morgan fingerprint density at radius 1 is 1.39 bits per heavy atom. The second-order valence-electron chi connectivity index (χ2n) is 4.52. The number of nitrogens with one attached hydrogen (secondary N) is 1. The number of anilines is 2. The van der Waals surface area contributed by atoms with E-state index in [1.165, 1.54) is 0 Å². The second kappa shape index (κ2) is 6.51. The van der Waals surface area contributed by atoms with Gasteiger partial charge >= 0.3 is 0 Å². The van der Waals surface area contributed by atoms with Gasteiger partial charge in [0.05, 0.1) is 13.2 Å². The first kappa shape index (κ1) is 13.0. The van der Waals surface area contributed by atoms with E-state index in [-0.39, 0.29) is 0 Å². The van der Waals surface area contributed by atoms with Crippen molar-refractivity contribution in [1.29, 1.82) is 0 Å². The van der Waals surface area contributed by atoms with Gasteiger partial charge in [-0.25, -0.2) is 4.98 Å². The fraction of sp³-hybridized carbons (Fsp3) is 0.667. The van der Waals surface area contributed by atoms with E-state index in [0.717, 1.165) is 51.2 Å². The minimum absolute atomic E-state index is 0.728. The van der Waals surface area contributed by atoms with Crippen LogP contribution in [0.5, 0.6) is 0 Å². The predicted molar refractivity (Wildman–Crippen MR) is 72.1 cm³/mol. The van der Waals surface area contributed by atoms with Gasteiger partial charge < -0.3 is 15.0 Å². The molecular formula is C12H21N5O. The molecule has 6 heteroatoms. The minimum Gasteiger partial charge on any atom is -0.379 e. The molecule has 1 saturated heterocycles. The van der Waals surface area contributed by atoms with E-state index in [2.05, 4.69) is 20.2 Å². The van der Waals surface area contributed by atoms with Crippen molar-refractivity contribution < 1.29 is 4.74 Å². The van der Waals surface area contributed by atoms with Crippen LogP contribution in [0.3, 0.4) is 0 Å². The van der Waals surface area contributed by atoms with Crippen molar-refractivity contribution in [2.75, 3.05) is 63.7 Å². The summed E-state index contributed by atoms with van der Waals surface area (Å²) in [4.78, 5) is 12.9. The maximum atomic E-state index is 5.32. The van der Waals surface area contributed by atoms with Crippen LogP contribution in [-0.4, -0.2) is 68.4 Å². The van der Waals surface area contributed by atoms with Gasteiger partial charge in [-0.05, 0) is 6.07 Å². The molecule has 0 spiro atoms. The lowest BCUT2D eigenvalue weighted by atomic mass is 10.4. The second-order valence-corrected chi connectivity index (χ2v) is 4.52. The average Bonchev–Trinajstić information content (AvgIpc) is 2.40. The first-order valence-corrected chi connectivity index (χ1v) is 6.30. The van der Waals surface area contributed by atoms with Gasteiger partial charge in [-0.1, -0.05) is 0 Å². The summed E-state index contributed by atoms with van der Waals surface area (Å²) in [5.41, 5.74) is 0. The Bertz CT molecular complexity index is 365. The number of rotatable bonds is 5. The van der Waals surface area contributed by atoms with Gasteiger partial charge in [0.2, 0.25) is 5.95 Å². The third kappa shape index (κ3) is 3.82. The van der Waals surface area contributed by atoms with Crippen LogP contribution in [0.25, 0.3) is 0 Å². The van der Waals surface area contributed by atoms with E-state index in [4.69, 9.17) is 4.74 Å². The molecule has 0 bridgehead atoms. The predicted octanol–water partition coefficient (Wildman–Crippen LogP) is 0.287. The van der Waals surface area contributed by atoms with Gasteiger partial charge in [-0.2, -0.15) is 4.98 Å². The quantitative estimate of drug-likeness (QED) is 0.811. The van der Waals surface area contributed by atoms with Crippen molar-refractivity contribution in [3.63, 3.8) is 0 Å². The van der Waals surface area contributed by atoms with Crippen LogP contribution < -0.4 is 10.2 Å². The molecule has 0 aliphatic carbocycles. The van der Waals surface area contributed by atoms with Crippen LogP contribution in [0.1, 0.15) is 0 Å². The molecule has 2 rings (SSSR count). The largest absolute Gasteiger partial charge is 0.379 e. The fourth-order valence-electron chi connectivity index (χ4n) is 1.83. The number of morpholine rings is 1. The van der Waals surface area contributed by atoms with Crippen LogP contribution >= 0.6 is 0 Å². The van der Waals surface area contributed by atoms with Gasteiger partial charge in [-0.3, -0.25) is 4.90 Å². The Morgan fingerprint density at radius 2 is 2.17 bits per heavy atom. The maximum absolute atomic E-state index is 5.32. The zero-order chi connectivity index (χ0) is 12.8. The van der Waals surface area contributed by atoms with Gasteiger partial charge in [0, 0.05) is 46.5 Å². The van der Waals surface area contributed by atoms with Gasteiger partial charge in [-0.15, -0.1) is 0 Å². The van der Waals surface area contributed by atoms with Crippen molar-refractivity contribution >= 4 is 11.8 Å². The Labute approximate surface area is 108 Å². The van der Waals surface area contributed by atoms with Crippen molar-refractivity contribution in [3.05, 3.63) is 12.3 Å². The molecular weight excluding hydrogens is 230 g/mol. The standard InChI is InChI=1S/C12H21N5O/c1-16(2)12-14-4-3-11(15-12)13-5-6-17-7-9-18-10-8-17/h3-4H,5-10H2,1-2H3,(H,13,14,15). The molecule has 1 aliphatic heterocycles. The lowest BCUT2D eigenvalue weighted by Gasteiger charge is -2.26. The summed E-state index contributed by atoms with van der Waals surface area (Å²) in [5, 5.41) is 3.33. The van der Waals surface area contributed by atoms with Crippen molar-refractivity contribution in [2.24, 2.45) is 0 Å². The first-order chi connectivity index (χ1) is 8.75. The topological polar surface area (TPSA) is 53.5 Å². The van der Waals surface area contributed by atoms with Crippen molar-refractivity contribution in [1.82, 2.24) is 14.9 Å². The van der Waals surface area contributed by atoms with E-state index in [1.807, 2.05) is 25.1 Å². The SMILES string of the molecule is CN(C)c1nccc(NCCN2CCOCC2)n1. The Morgan fingerprint density at radius 3 is 2.89 bits per heavy atom. The lowest BCUT2D eigenvalue weighted by molar-refractivity contribution is 0.0398. The summed E-state index contributed by atoms with van der Waals surface area (Å²) in [7, 11) is 3.87. The Hall–Kier alpha value is -1.40. The zero-order valence-corrected chi connectivity index (χ0v) is 11.1. The molecule has 6 nitrogen and oxygen atoms in total. The third-order valence-corrected chi connectivity index (χ3v) is 2.88. The normalized spacial score (nSPS) is 16.6. The highest BCUT2D eigenvalue weighted by Gasteiger charge is 2.09. The molecule has 2 heterocycles. The summed E-state index contributed by atoms with van der Waals surface area (Å²) < 4.78 is 5.32. The fourth-order valence-corrected chi connectivity index (χ4v) is 1.83. The summed E-state index contributed by atoms with van der Waals surface area (Å²) in [5.74, 6) is 1.60. The zero-order valence-electron chi connectivity index (χ0n) is 11.1. The number of hydrogen-bond donors (Lipinski definition) is 1. The molecule has 0 amide bonds. The molecule has 0 radical (unpaired) electrons. The molecule has 1 aromatic rings. The van der Waals surface area contributed by atoms with Crippen LogP contribution in [0, 0.1) is 0 Å². The van der Waals surface area contributed by atoms with Crippen LogP contribution in [0.15, 0.2) is 12.3 Å². The highest BCUT2D eigenvalue weighted by atomic mass is 16.5. The van der Waals surface area contributed by atoms with Crippen LogP contribution in [0.2, 0.25) is 0 Å². The van der Waals surface area contributed by atoms with Crippen molar-refractivity contribution in [3.8, 4) is 0 Å². The van der Waals surface area contributed by atoms with E-state index < -0.39 is 0 Å². The van der Waals surface area contributed by atoms with Crippen LogP contribution in [0.4, 0.5) is 11.8 Å². The third-order valence-electron chi connectivity index (χ3n) is 2.88. The van der Waals surface area contributed by atoms with E-state index in [1.54, 1.807) is 6.20 Å². The summed E-state index contributed by atoms with van der Waals surface area (Å²) >= 11 is 0. The minimum atomic E-state index is 0.728. The molecule has 0 atom stereocenters. The highest BCUT2D eigenvalue weighted by molar-refractivity contribution is 5.40. The first-order valence-electron chi connectivity index (χ1n) is 6.30. The molecule has 0 unspecified atom stereocenters. The summed E-state index contributed by atoms with van der Waals surface area (Å²) in [6.07, 6.45) is 1.78.